The molecule has 21 heavy (non-hydrogen) atoms. The highest BCUT2D eigenvalue weighted by Crippen LogP contribution is 2.25. The van der Waals surface area contributed by atoms with Crippen LogP contribution in [-0.4, -0.2) is 27.3 Å². The molecule has 2 aromatic rings. The second-order valence-corrected chi connectivity index (χ2v) is 6.57. The third-order valence-corrected chi connectivity index (χ3v) is 4.75. The Morgan fingerprint density at radius 1 is 1.33 bits per heavy atom. The van der Waals surface area contributed by atoms with Crippen LogP contribution in [0.5, 0.6) is 0 Å². The molecule has 0 spiro atoms. The lowest BCUT2D eigenvalue weighted by Gasteiger charge is -2.20. The van der Waals surface area contributed by atoms with Gasteiger partial charge in [0.05, 0.1) is 6.61 Å². The van der Waals surface area contributed by atoms with E-state index in [2.05, 4.69) is 68.2 Å². The molecule has 5 heteroatoms. The highest BCUT2D eigenvalue weighted by Gasteiger charge is 2.06. The van der Waals surface area contributed by atoms with Gasteiger partial charge < -0.3 is 15.0 Å². The van der Waals surface area contributed by atoms with Crippen LogP contribution in [0.2, 0.25) is 0 Å². The molecule has 1 N–H and O–H groups in total. The van der Waals surface area contributed by atoms with Crippen molar-refractivity contribution in [2.24, 2.45) is 0 Å². The standard InChI is InChI=1S/C16H21BrN2OS/c1-19(11-13-5-8-21-12-13)15-4-3-14(16(17)9-15)10-18-6-7-20-2/h3-5,8-9,12,18H,6-7,10-11H2,1-2H3. The van der Waals surface area contributed by atoms with Gasteiger partial charge in [-0.05, 0) is 40.1 Å². The molecular formula is C16H21BrN2OS. The first-order chi connectivity index (χ1) is 10.2. The molecule has 2 rings (SSSR count). The monoisotopic (exact) mass is 368 g/mol. The van der Waals surface area contributed by atoms with E-state index in [-0.39, 0.29) is 0 Å². The van der Waals surface area contributed by atoms with Gasteiger partial charge in [-0.2, -0.15) is 11.3 Å². The van der Waals surface area contributed by atoms with Crippen molar-refractivity contribution in [3.05, 3.63) is 50.6 Å². The van der Waals surface area contributed by atoms with E-state index in [1.807, 2.05) is 0 Å². The molecule has 0 atom stereocenters. The predicted octanol–water partition coefficient (Wildman–Crippen LogP) is 3.88. The number of hydrogen-bond acceptors (Lipinski definition) is 4. The van der Waals surface area contributed by atoms with Crippen molar-refractivity contribution in [1.82, 2.24) is 5.32 Å². The molecule has 1 heterocycles. The Bertz CT molecular complexity index is 545. The van der Waals surface area contributed by atoms with Gasteiger partial charge in [-0.1, -0.05) is 22.0 Å². The van der Waals surface area contributed by atoms with Crippen LogP contribution >= 0.6 is 27.3 Å². The van der Waals surface area contributed by atoms with Crippen LogP contribution in [0.15, 0.2) is 39.5 Å². The normalized spacial score (nSPS) is 10.8. The summed E-state index contributed by atoms with van der Waals surface area (Å²) in [6.45, 7) is 3.38. The van der Waals surface area contributed by atoms with Crippen LogP contribution in [0, 0.1) is 0 Å². The molecule has 0 saturated heterocycles. The van der Waals surface area contributed by atoms with E-state index >= 15 is 0 Å². The SMILES string of the molecule is COCCNCc1ccc(N(C)Cc2ccsc2)cc1Br. The third-order valence-electron chi connectivity index (χ3n) is 3.28. The van der Waals surface area contributed by atoms with Crippen LogP contribution in [0.3, 0.4) is 0 Å². The molecule has 0 aliphatic heterocycles. The molecule has 0 aliphatic carbocycles. The summed E-state index contributed by atoms with van der Waals surface area (Å²) in [6.07, 6.45) is 0. The van der Waals surface area contributed by atoms with Crippen molar-refractivity contribution < 1.29 is 4.74 Å². The second-order valence-electron chi connectivity index (χ2n) is 4.93. The summed E-state index contributed by atoms with van der Waals surface area (Å²) in [5.74, 6) is 0. The number of nitrogens with zero attached hydrogens (tertiary/aromatic N) is 1. The molecule has 114 valence electrons. The van der Waals surface area contributed by atoms with Crippen molar-refractivity contribution in [3.63, 3.8) is 0 Å². The maximum absolute atomic E-state index is 5.03. The number of ether oxygens (including phenoxy) is 1. The molecule has 0 aliphatic rings. The Kier molecular flexibility index (Phi) is 6.70. The van der Waals surface area contributed by atoms with Crippen LogP contribution < -0.4 is 10.2 Å². The van der Waals surface area contributed by atoms with Crippen LogP contribution in [0.25, 0.3) is 0 Å². The van der Waals surface area contributed by atoms with Crippen molar-refractivity contribution in [1.29, 1.82) is 0 Å². The molecule has 0 unspecified atom stereocenters. The number of hydrogen-bond donors (Lipinski definition) is 1. The zero-order valence-corrected chi connectivity index (χ0v) is 14.8. The van der Waals surface area contributed by atoms with Crippen molar-refractivity contribution in [2.75, 3.05) is 32.2 Å². The minimum Gasteiger partial charge on any atom is -0.383 e. The number of nitrogens with one attached hydrogen (secondary N) is 1. The molecule has 0 amide bonds. The molecule has 3 nitrogen and oxygen atoms in total. The number of benzene rings is 1. The van der Waals surface area contributed by atoms with Crippen molar-refractivity contribution >= 4 is 33.0 Å². The maximum Gasteiger partial charge on any atom is 0.0587 e. The van der Waals surface area contributed by atoms with E-state index in [4.69, 9.17) is 4.74 Å². The van der Waals surface area contributed by atoms with Crippen LogP contribution in [0.4, 0.5) is 5.69 Å². The summed E-state index contributed by atoms with van der Waals surface area (Å²) < 4.78 is 6.17. The lowest BCUT2D eigenvalue weighted by Crippen LogP contribution is -2.19. The number of rotatable bonds is 8. The second kappa shape index (κ2) is 8.54. The van der Waals surface area contributed by atoms with Crippen LogP contribution in [0.1, 0.15) is 11.1 Å². The van der Waals surface area contributed by atoms with Crippen LogP contribution in [-0.2, 0) is 17.8 Å². The predicted molar refractivity (Wildman–Crippen MR) is 94.2 cm³/mol. The minimum absolute atomic E-state index is 0.735. The number of methoxy groups -OCH3 is 1. The van der Waals surface area contributed by atoms with E-state index < -0.39 is 0 Å². The molecule has 0 bridgehead atoms. The zero-order chi connectivity index (χ0) is 15.1. The maximum atomic E-state index is 5.03. The number of anilines is 1. The first-order valence-corrected chi connectivity index (χ1v) is 8.64. The summed E-state index contributed by atoms with van der Waals surface area (Å²) >= 11 is 5.41. The first-order valence-electron chi connectivity index (χ1n) is 6.91. The van der Waals surface area contributed by atoms with E-state index in [0.717, 1.165) is 30.7 Å². The van der Waals surface area contributed by atoms with E-state index in [9.17, 15) is 0 Å². The van der Waals surface area contributed by atoms with Gasteiger partial charge in [-0.25, -0.2) is 0 Å². The fourth-order valence-electron chi connectivity index (χ4n) is 2.06. The lowest BCUT2D eigenvalue weighted by atomic mass is 10.2. The highest BCUT2D eigenvalue weighted by atomic mass is 79.9. The third kappa shape index (κ3) is 5.11. The Labute approximate surface area is 139 Å². The number of halogens is 1. The average Bonchev–Trinajstić information content (AvgIpc) is 2.97. The average molecular weight is 369 g/mol. The van der Waals surface area contributed by atoms with E-state index in [1.54, 1.807) is 18.4 Å². The fraction of sp³-hybridized carbons (Fsp3) is 0.375. The Morgan fingerprint density at radius 3 is 2.86 bits per heavy atom. The van der Waals surface area contributed by atoms with E-state index in [1.165, 1.54) is 16.8 Å². The minimum atomic E-state index is 0.735. The smallest absolute Gasteiger partial charge is 0.0587 e. The largest absolute Gasteiger partial charge is 0.383 e. The van der Waals surface area contributed by atoms with Gasteiger partial charge in [0.25, 0.3) is 0 Å². The molecule has 1 aromatic heterocycles. The van der Waals surface area contributed by atoms with E-state index in [0.29, 0.717) is 0 Å². The summed E-state index contributed by atoms with van der Waals surface area (Å²) in [5.41, 5.74) is 3.83. The fourth-order valence-corrected chi connectivity index (χ4v) is 3.23. The summed E-state index contributed by atoms with van der Waals surface area (Å²) in [6, 6.07) is 8.69. The summed E-state index contributed by atoms with van der Waals surface area (Å²) in [7, 11) is 3.84. The van der Waals surface area contributed by atoms with Gasteiger partial charge in [0.15, 0.2) is 0 Å². The van der Waals surface area contributed by atoms with Gasteiger partial charge in [0.1, 0.15) is 0 Å². The molecule has 0 fully saturated rings. The Morgan fingerprint density at radius 2 is 2.19 bits per heavy atom. The molecular weight excluding hydrogens is 348 g/mol. The Balaban J connectivity index is 1.94. The molecule has 1 aromatic carbocycles. The quantitative estimate of drug-likeness (QED) is 0.715. The van der Waals surface area contributed by atoms with Gasteiger partial charge in [0, 0.05) is 44.0 Å². The van der Waals surface area contributed by atoms with Gasteiger partial charge in [-0.3, -0.25) is 0 Å². The molecule has 0 saturated carbocycles. The first kappa shape index (κ1) is 16.5. The van der Waals surface area contributed by atoms with Gasteiger partial charge >= 0.3 is 0 Å². The topological polar surface area (TPSA) is 24.5 Å². The summed E-state index contributed by atoms with van der Waals surface area (Å²) in [5, 5.41) is 7.67. The summed E-state index contributed by atoms with van der Waals surface area (Å²) in [4.78, 5) is 2.26. The van der Waals surface area contributed by atoms with Crippen molar-refractivity contribution in [2.45, 2.75) is 13.1 Å². The Hall–Kier alpha value is -0.880. The van der Waals surface area contributed by atoms with Gasteiger partial charge in [-0.15, -0.1) is 0 Å². The van der Waals surface area contributed by atoms with Crippen molar-refractivity contribution in [3.8, 4) is 0 Å². The lowest BCUT2D eigenvalue weighted by molar-refractivity contribution is 0.199. The molecule has 0 radical (unpaired) electrons. The highest BCUT2D eigenvalue weighted by molar-refractivity contribution is 9.10. The zero-order valence-electron chi connectivity index (χ0n) is 12.4. The number of thiophene rings is 1. The van der Waals surface area contributed by atoms with Gasteiger partial charge in [0.2, 0.25) is 0 Å².